The van der Waals surface area contributed by atoms with Crippen LogP contribution in [0.15, 0.2) is 48.8 Å². The van der Waals surface area contributed by atoms with E-state index >= 15 is 0 Å². The molecule has 3 rings (SSSR count). The molecule has 0 aliphatic rings. The Hall–Kier alpha value is -2.33. The van der Waals surface area contributed by atoms with Gasteiger partial charge in [-0.15, -0.1) is 0 Å². The number of hydrogen-bond acceptors (Lipinski definition) is 3. The lowest BCUT2D eigenvalue weighted by atomic mass is 9.96. The van der Waals surface area contributed by atoms with Gasteiger partial charge in [0.15, 0.2) is 0 Å². The van der Waals surface area contributed by atoms with Crippen molar-refractivity contribution < 1.29 is 4.39 Å². The molecule has 2 aromatic heterocycles. The second kappa shape index (κ2) is 4.98. The largest absolute Gasteiger partial charge is 0.320 e. The number of nitrogens with zero attached hydrogens (tertiary/aromatic N) is 2. The maximum Gasteiger partial charge on any atom is 0.146 e. The van der Waals surface area contributed by atoms with Crippen LogP contribution in [0, 0.1) is 12.7 Å². The quantitative estimate of drug-likeness (QED) is 0.776. The zero-order chi connectivity index (χ0) is 14.1. The van der Waals surface area contributed by atoms with Gasteiger partial charge in [0.1, 0.15) is 5.82 Å². The summed E-state index contributed by atoms with van der Waals surface area (Å²) in [5.74, 6) is -0.390. The molecule has 3 nitrogen and oxygen atoms in total. The number of nitrogens with two attached hydrogens (primary N) is 1. The van der Waals surface area contributed by atoms with Crippen LogP contribution in [0.2, 0.25) is 0 Å². The zero-order valence-corrected chi connectivity index (χ0v) is 11.0. The Bertz CT molecular complexity index is 771. The number of aromatic nitrogens is 2. The third kappa shape index (κ3) is 2.14. The SMILES string of the molecule is Cc1cc(C(N)c2ccncc2F)c2ccccc2n1. The van der Waals surface area contributed by atoms with Crippen molar-refractivity contribution in [3.05, 3.63) is 71.4 Å². The van der Waals surface area contributed by atoms with E-state index < -0.39 is 11.9 Å². The molecule has 0 saturated carbocycles. The van der Waals surface area contributed by atoms with Gasteiger partial charge >= 0.3 is 0 Å². The Morgan fingerprint density at radius 3 is 2.75 bits per heavy atom. The van der Waals surface area contributed by atoms with Crippen LogP contribution in [0.5, 0.6) is 0 Å². The minimum absolute atomic E-state index is 0.390. The van der Waals surface area contributed by atoms with E-state index in [2.05, 4.69) is 9.97 Å². The highest BCUT2D eigenvalue weighted by atomic mass is 19.1. The van der Waals surface area contributed by atoms with Crippen molar-refractivity contribution in [1.29, 1.82) is 0 Å². The molecule has 0 saturated heterocycles. The van der Waals surface area contributed by atoms with Crippen molar-refractivity contribution in [2.75, 3.05) is 0 Å². The van der Waals surface area contributed by atoms with Crippen molar-refractivity contribution in [3.63, 3.8) is 0 Å². The average molecular weight is 267 g/mol. The van der Waals surface area contributed by atoms with Gasteiger partial charge in [0.05, 0.1) is 17.8 Å². The highest BCUT2D eigenvalue weighted by Gasteiger charge is 2.16. The van der Waals surface area contributed by atoms with Gasteiger partial charge in [0.2, 0.25) is 0 Å². The Balaban J connectivity index is 2.21. The molecule has 1 aromatic carbocycles. The van der Waals surface area contributed by atoms with Gasteiger partial charge in [-0.2, -0.15) is 0 Å². The van der Waals surface area contributed by atoms with Crippen LogP contribution in [-0.2, 0) is 0 Å². The molecule has 1 unspecified atom stereocenters. The maximum absolute atomic E-state index is 13.9. The van der Waals surface area contributed by atoms with Crippen molar-refractivity contribution in [2.24, 2.45) is 5.73 Å². The van der Waals surface area contributed by atoms with Crippen LogP contribution in [0.4, 0.5) is 4.39 Å². The lowest BCUT2D eigenvalue weighted by Crippen LogP contribution is -2.15. The summed E-state index contributed by atoms with van der Waals surface area (Å²) < 4.78 is 13.9. The molecule has 0 radical (unpaired) electrons. The Morgan fingerprint density at radius 1 is 1.15 bits per heavy atom. The predicted octanol–water partition coefficient (Wildman–Crippen LogP) is 3.13. The second-order valence-corrected chi connectivity index (χ2v) is 4.74. The van der Waals surface area contributed by atoms with Crippen molar-refractivity contribution in [2.45, 2.75) is 13.0 Å². The van der Waals surface area contributed by atoms with Gasteiger partial charge in [-0.05, 0) is 30.7 Å². The fraction of sp³-hybridized carbons (Fsp3) is 0.125. The van der Waals surface area contributed by atoms with E-state index in [4.69, 9.17) is 5.73 Å². The summed E-state index contributed by atoms with van der Waals surface area (Å²) in [5, 5.41) is 0.946. The number of hydrogen-bond donors (Lipinski definition) is 1. The van der Waals surface area contributed by atoms with Crippen molar-refractivity contribution in [3.8, 4) is 0 Å². The molecule has 0 aliphatic heterocycles. The molecule has 1 atom stereocenters. The van der Waals surface area contributed by atoms with Gasteiger partial charge in [-0.1, -0.05) is 18.2 Å². The van der Waals surface area contributed by atoms with Crippen molar-refractivity contribution in [1.82, 2.24) is 9.97 Å². The molecule has 3 aromatic rings. The third-order valence-electron chi connectivity index (χ3n) is 3.35. The summed E-state index contributed by atoms with van der Waals surface area (Å²) >= 11 is 0. The lowest BCUT2D eigenvalue weighted by Gasteiger charge is -2.16. The Kier molecular flexibility index (Phi) is 3.16. The number of para-hydroxylation sites is 1. The topological polar surface area (TPSA) is 51.8 Å². The molecular formula is C16H14FN3. The molecule has 4 heteroatoms. The standard InChI is InChI=1S/C16H14FN3/c1-10-8-13(11-4-2-3-5-15(11)20-10)16(18)12-6-7-19-9-14(12)17/h2-9,16H,18H2,1H3. The van der Waals surface area contributed by atoms with Crippen LogP contribution < -0.4 is 5.73 Å². The van der Waals surface area contributed by atoms with Gasteiger partial charge < -0.3 is 5.73 Å². The first kappa shape index (κ1) is 12.7. The first-order chi connectivity index (χ1) is 9.66. The molecule has 20 heavy (non-hydrogen) atoms. The molecule has 0 bridgehead atoms. The molecule has 0 fully saturated rings. The summed E-state index contributed by atoms with van der Waals surface area (Å²) in [6.07, 6.45) is 2.74. The molecule has 100 valence electrons. The number of rotatable bonds is 2. The zero-order valence-electron chi connectivity index (χ0n) is 11.0. The van der Waals surface area contributed by atoms with Crippen LogP contribution in [0.25, 0.3) is 10.9 Å². The van der Waals surface area contributed by atoms with Crippen LogP contribution in [0.1, 0.15) is 22.9 Å². The molecule has 0 aliphatic carbocycles. The van der Waals surface area contributed by atoms with E-state index in [0.717, 1.165) is 22.2 Å². The van der Waals surface area contributed by atoms with E-state index in [1.54, 1.807) is 12.3 Å². The first-order valence-electron chi connectivity index (χ1n) is 6.38. The molecule has 0 amide bonds. The van der Waals surface area contributed by atoms with E-state index in [1.807, 2.05) is 37.3 Å². The normalized spacial score (nSPS) is 12.6. The molecular weight excluding hydrogens is 253 g/mol. The number of fused-ring (bicyclic) bond motifs is 1. The average Bonchev–Trinajstić information content (AvgIpc) is 2.46. The van der Waals surface area contributed by atoms with Gasteiger partial charge in [0, 0.05) is 22.8 Å². The van der Waals surface area contributed by atoms with Crippen LogP contribution in [0.3, 0.4) is 0 Å². The number of benzene rings is 1. The summed E-state index contributed by atoms with van der Waals surface area (Å²) in [7, 11) is 0. The highest BCUT2D eigenvalue weighted by molar-refractivity contribution is 5.83. The minimum atomic E-state index is -0.537. The summed E-state index contributed by atoms with van der Waals surface area (Å²) in [5.41, 5.74) is 9.30. The van der Waals surface area contributed by atoms with Crippen LogP contribution in [-0.4, -0.2) is 9.97 Å². The fourth-order valence-electron chi connectivity index (χ4n) is 2.40. The summed E-state index contributed by atoms with van der Waals surface area (Å²) in [6.45, 7) is 1.91. The smallest absolute Gasteiger partial charge is 0.146 e. The van der Waals surface area contributed by atoms with E-state index in [0.29, 0.717) is 5.56 Å². The predicted molar refractivity (Wildman–Crippen MR) is 76.7 cm³/mol. The minimum Gasteiger partial charge on any atom is -0.320 e. The van der Waals surface area contributed by atoms with Gasteiger partial charge in [0.25, 0.3) is 0 Å². The first-order valence-corrected chi connectivity index (χ1v) is 6.38. The maximum atomic E-state index is 13.9. The van der Waals surface area contributed by atoms with E-state index in [-0.39, 0.29) is 0 Å². The van der Waals surface area contributed by atoms with Crippen molar-refractivity contribution >= 4 is 10.9 Å². The fourth-order valence-corrected chi connectivity index (χ4v) is 2.40. The Morgan fingerprint density at radius 2 is 1.95 bits per heavy atom. The van der Waals surface area contributed by atoms with Gasteiger partial charge in [-0.3, -0.25) is 9.97 Å². The monoisotopic (exact) mass is 267 g/mol. The molecule has 2 N–H and O–H groups in total. The number of halogens is 1. The van der Waals surface area contributed by atoms with E-state index in [9.17, 15) is 4.39 Å². The lowest BCUT2D eigenvalue weighted by molar-refractivity contribution is 0.593. The van der Waals surface area contributed by atoms with Crippen LogP contribution >= 0.6 is 0 Å². The number of aryl methyl sites for hydroxylation is 1. The van der Waals surface area contributed by atoms with Gasteiger partial charge in [-0.25, -0.2) is 4.39 Å². The molecule has 0 spiro atoms. The summed E-state index contributed by atoms with van der Waals surface area (Å²) in [4.78, 5) is 8.23. The number of pyridine rings is 2. The third-order valence-corrected chi connectivity index (χ3v) is 3.35. The highest BCUT2D eigenvalue weighted by Crippen LogP contribution is 2.28. The summed E-state index contributed by atoms with van der Waals surface area (Å²) in [6, 6.07) is 10.7. The second-order valence-electron chi connectivity index (χ2n) is 4.74. The van der Waals surface area contributed by atoms with E-state index in [1.165, 1.54) is 6.20 Å². The molecule has 2 heterocycles. The Labute approximate surface area is 116 Å².